The second-order valence-corrected chi connectivity index (χ2v) is 8.94. The van der Waals surface area contributed by atoms with Gasteiger partial charge in [-0.3, -0.25) is 9.79 Å². The number of amides is 1. The topological polar surface area (TPSA) is 99.7 Å². The summed E-state index contributed by atoms with van der Waals surface area (Å²) < 4.78 is 23.3. The van der Waals surface area contributed by atoms with Gasteiger partial charge >= 0.3 is 0 Å². The Bertz CT molecular complexity index is 690. The minimum absolute atomic E-state index is 0.0440. The van der Waals surface area contributed by atoms with E-state index in [1.807, 2.05) is 31.2 Å². The van der Waals surface area contributed by atoms with Crippen molar-refractivity contribution in [1.82, 2.24) is 10.6 Å². The van der Waals surface area contributed by atoms with Crippen LogP contribution in [0.1, 0.15) is 19.8 Å². The van der Waals surface area contributed by atoms with Crippen LogP contribution in [0.4, 0.5) is 5.69 Å². The maximum atomic E-state index is 11.9. The predicted octanol–water partition coefficient (Wildman–Crippen LogP) is 1.77. The Labute approximate surface area is 157 Å². The number of halogens is 1. The summed E-state index contributed by atoms with van der Waals surface area (Å²) in [6.45, 7) is 2.30. The summed E-state index contributed by atoms with van der Waals surface area (Å²) in [4.78, 5) is 16.0. The molecule has 0 heterocycles. The summed E-state index contributed by atoms with van der Waals surface area (Å²) in [5, 5.41) is 8.96. The van der Waals surface area contributed by atoms with Crippen LogP contribution in [0.15, 0.2) is 33.7 Å². The summed E-state index contributed by atoms with van der Waals surface area (Å²) in [6, 6.07) is 7.31. The summed E-state index contributed by atoms with van der Waals surface area (Å²) in [6.07, 6.45) is 1.99. The molecular weight excluding hydrogens is 408 g/mol. The lowest BCUT2D eigenvalue weighted by atomic mass is 10.2. The van der Waals surface area contributed by atoms with Crippen LogP contribution in [0.5, 0.6) is 0 Å². The average molecular weight is 433 g/mol. The molecule has 140 valence electrons. The number of sulfone groups is 1. The first-order chi connectivity index (χ1) is 11.7. The van der Waals surface area contributed by atoms with Crippen molar-refractivity contribution in [1.29, 1.82) is 0 Å². The molecule has 0 saturated carbocycles. The largest absolute Gasteiger partial charge is 0.356 e. The molecule has 0 aliphatic rings. The first-order valence-corrected chi connectivity index (χ1v) is 10.8. The maximum absolute atomic E-state index is 11.9. The molecule has 0 aliphatic carbocycles. The Morgan fingerprint density at radius 2 is 1.92 bits per heavy atom. The van der Waals surface area contributed by atoms with Crippen molar-refractivity contribution in [3.8, 4) is 0 Å². The number of aliphatic imine (C=N–C) groups is 1. The molecule has 0 spiro atoms. The van der Waals surface area contributed by atoms with Crippen molar-refractivity contribution in [3.63, 3.8) is 0 Å². The van der Waals surface area contributed by atoms with Gasteiger partial charge in [0, 0.05) is 42.5 Å². The number of anilines is 1. The zero-order valence-corrected chi connectivity index (χ0v) is 17.1. The normalized spacial score (nSPS) is 13.2. The lowest BCUT2D eigenvalue weighted by Gasteiger charge is -2.17. The first-order valence-electron chi connectivity index (χ1n) is 7.90. The molecule has 0 bridgehead atoms. The summed E-state index contributed by atoms with van der Waals surface area (Å²) in [5.41, 5.74) is 0.741. The smallest absolute Gasteiger partial charge is 0.226 e. The van der Waals surface area contributed by atoms with Crippen LogP contribution < -0.4 is 16.0 Å². The van der Waals surface area contributed by atoms with E-state index >= 15 is 0 Å². The molecule has 1 amide bonds. The highest BCUT2D eigenvalue weighted by Gasteiger charge is 2.10. The zero-order chi connectivity index (χ0) is 18.9. The van der Waals surface area contributed by atoms with Crippen LogP contribution in [-0.4, -0.2) is 51.9 Å². The predicted molar refractivity (Wildman–Crippen MR) is 106 cm³/mol. The fourth-order valence-electron chi connectivity index (χ4n) is 1.94. The number of carbonyl (C=O) groups excluding carboxylic acids is 1. The average Bonchev–Trinajstić information content (AvgIpc) is 2.53. The quantitative estimate of drug-likeness (QED) is 0.429. The van der Waals surface area contributed by atoms with E-state index in [1.165, 1.54) is 6.26 Å². The number of nitrogens with zero attached hydrogens (tertiary/aromatic N) is 1. The van der Waals surface area contributed by atoms with Crippen LogP contribution in [0, 0.1) is 0 Å². The van der Waals surface area contributed by atoms with E-state index in [2.05, 4.69) is 36.9 Å². The monoisotopic (exact) mass is 432 g/mol. The standard InChI is InChI=1S/C16H25BrN4O3S/c1-12(9-11-25(3,23)24)20-16(18-2)19-10-8-15(22)21-14-6-4-13(17)5-7-14/h4-7,12H,8-11H2,1-3H3,(H,21,22)(H2,18,19,20). The molecule has 0 radical (unpaired) electrons. The zero-order valence-electron chi connectivity index (χ0n) is 14.7. The van der Waals surface area contributed by atoms with E-state index in [0.717, 1.165) is 10.2 Å². The lowest BCUT2D eigenvalue weighted by molar-refractivity contribution is -0.116. The van der Waals surface area contributed by atoms with Crippen molar-refractivity contribution in [2.45, 2.75) is 25.8 Å². The van der Waals surface area contributed by atoms with Gasteiger partial charge in [0.25, 0.3) is 0 Å². The van der Waals surface area contributed by atoms with Crippen molar-refractivity contribution < 1.29 is 13.2 Å². The highest BCUT2D eigenvalue weighted by molar-refractivity contribution is 9.10. The van der Waals surface area contributed by atoms with Gasteiger partial charge in [0.2, 0.25) is 5.91 Å². The maximum Gasteiger partial charge on any atom is 0.226 e. The minimum atomic E-state index is -2.98. The molecule has 0 aromatic heterocycles. The molecule has 1 atom stereocenters. The Kier molecular flexibility index (Phi) is 8.91. The molecular formula is C16H25BrN4O3S. The highest BCUT2D eigenvalue weighted by atomic mass is 79.9. The summed E-state index contributed by atoms with van der Waals surface area (Å²) in [7, 11) is -1.35. The molecule has 0 aliphatic heterocycles. The first kappa shape index (κ1) is 21.4. The third kappa shape index (κ3) is 10.1. The molecule has 7 nitrogen and oxygen atoms in total. The third-order valence-corrected chi connectivity index (χ3v) is 4.81. The molecule has 25 heavy (non-hydrogen) atoms. The Morgan fingerprint density at radius 1 is 1.28 bits per heavy atom. The van der Waals surface area contributed by atoms with Crippen LogP contribution in [0.2, 0.25) is 0 Å². The van der Waals surface area contributed by atoms with Crippen molar-refractivity contribution >= 4 is 43.3 Å². The van der Waals surface area contributed by atoms with Gasteiger partial charge in [-0.15, -0.1) is 0 Å². The molecule has 0 saturated heterocycles. The number of rotatable bonds is 8. The second-order valence-electron chi connectivity index (χ2n) is 5.77. The van der Waals surface area contributed by atoms with E-state index < -0.39 is 9.84 Å². The van der Waals surface area contributed by atoms with Gasteiger partial charge < -0.3 is 16.0 Å². The number of benzene rings is 1. The fraction of sp³-hybridized carbons (Fsp3) is 0.500. The van der Waals surface area contributed by atoms with Crippen LogP contribution >= 0.6 is 15.9 Å². The molecule has 1 aromatic carbocycles. The second kappa shape index (κ2) is 10.4. The van der Waals surface area contributed by atoms with Crippen molar-refractivity contribution in [2.24, 2.45) is 4.99 Å². The highest BCUT2D eigenvalue weighted by Crippen LogP contribution is 2.14. The van der Waals surface area contributed by atoms with E-state index in [0.29, 0.717) is 18.9 Å². The van der Waals surface area contributed by atoms with Crippen LogP contribution in [-0.2, 0) is 14.6 Å². The number of guanidine groups is 1. The fourth-order valence-corrected chi connectivity index (χ4v) is 2.99. The van der Waals surface area contributed by atoms with E-state index in [-0.39, 0.29) is 24.1 Å². The third-order valence-electron chi connectivity index (χ3n) is 3.30. The van der Waals surface area contributed by atoms with E-state index in [1.54, 1.807) is 7.05 Å². The van der Waals surface area contributed by atoms with Gasteiger partial charge in [-0.1, -0.05) is 15.9 Å². The van der Waals surface area contributed by atoms with Crippen LogP contribution in [0.3, 0.4) is 0 Å². The Hall–Kier alpha value is -1.61. The molecule has 1 unspecified atom stereocenters. The van der Waals surface area contributed by atoms with Gasteiger partial charge in [-0.2, -0.15) is 0 Å². The number of hydrogen-bond donors (Lipinski definition) is 3. The number of carbonyl (C=O) groups is 1. The molecule has 3 N–H and O–H groups in total. The molecule has 0 fully saturated rings. The van der Waals surface area contributed by atoms with Crippen LogP contribution in [0.25, 0.3) is 0 Å². The Morgan fingerprint density at radius 3 is 2.48 bits per heavy atom. The van der Waals surface area contributed by atoms with E-state index in [4.69, 9.17) is 0 Å². The van der Waals surface area contributed by atoms with Gasteiger partial charge in [0.1, 0.15) is 9.84 Å². The molecule has 9 heteroatoms. The van der Waals surface area contributed by atoms with Gasteiger partial charge in [0.05, 0.1) is 5.75 Å². The molecule has 1 aromatic rings. The SMILES string of the molecule is CN=C(NCCC(=O)Nc1ccc(Br)cc1)NC(C)CCS(C)(=O)=O. The van der Waals surface area contributed by atoms with Gasteiger partial charge in [-0.25, -0.2) is 8.42 Å². The number of hydrogen-bond acceptors (Lipinski definition) is 4. The van der Waals surface area contributed by atoms with E-state index in [9.17, 15) is 13.2 Å². The summed E-state index contributed by atoms with van der Waals surface area (Å²) in [5.74, 6) is 0.557. The molecule has 1 rings (SSSR count). The van der Waals surface area contributed by atoms with Gasteiger partial charge in [0.15, 0.2) is 5.96 Å². The summed E-state index contributed by atoms with van der Waals surface area (Å²) >= 11 is 3.34. The lowest BCUT2D eigenvalue weighted by Crippen LogP contribution is -2.43. The van der Waals surface area contributed by atoms with Crippen molar-refractivity contribution in [3.05, 3.63) is 28.7 Å². The minimum Gasteiger partial charge on any atom is -0.356 e. The number of nitrogens with one attached hydrogen (secondary N) is 3. The Balaban J connectivity index is 2.32. The van der Waals surface area contributed by atoms with Crippen molar-refractivity contribution in [2.75, 3.05) is 30.9 Å². The van der Waals surface area contributed by atoms with Gasteiger partial charge in [-0.05, 0) is 37.6 Å².